The Morgan fingerprint density at radius 3 is 2.32 bits per heavy atom. The summed E-state index contributed by atoms with van der Waals surface area (Å²) in [5.41, 5.74) is 8.57. The van der Waals surface area contributed by atoms with Gasteiger partial charge in [-0.25, -0.2) is 0 Å². The largest absolute Gasteiger partial charge is 0.399 e. The van der Waals surface area contributed by atoms with Crippen LogP contribution < -0.4 is 11.1 Å². The van der Waals surface area contributed by atoms with E-state index in [0.717, 1.165) is 18.2 Å². The molecule has 1 fully saturated rings. The summed E-state index contributed by atoms with van der Waals surface area (Å²) in [6.45, 7) is 9.30. The minimum atomic E-state index is 0.599. The lowest BCUT2D eigenvalue weighted by Gasteiger charge is -2.21. The van der Waals surface area contributed by atoms with Gasteiger partial charge in [0.15, 0.2) is 0 Å². The lowest BCUT2D eigenvalue weighted by atomic mass is 9.92. The monoisotopic (exact) mass is 260 g/mol. The summed E-state index contributed by atoms with van der Waals surface area (Å²) in [4.78, 5) is 0. The van der Waals surface area contributed by atoms with E-state index < -0.39 is 0 Å². The standard InChI is InChI=1S/C17H28N2/c1-13(2)17(9-10-17)12-19-11-8-14(3)15-4-6-16(18)7-5-15/h4-7,13-14,19H,8-12,18H2,1-3H3. The van der Waals surface area contributed by atoms with Gasteiger partial charge in [0.05, 0.1) is 0 Å². The molecular formula is C17H28N2. The van der Waals surface area contributed by atoms with Crippen molar-refractivity contribution in [1.29, 1.82) is 0 Å². The molecule has 1 aromatic rings. The fourth-order valence-electron chi connectivity index (χ4n) is 2.77. The number of rotatable bonds is 7. The first-order chi connectivity index (χ1) is 9.03. The number of nitrogen functional groups attached to an aromatic ring is 1. The van der Waals surface area contributed by atoms with Gasteiger partial charge in [0.25, 0.3) is 0 Å². The van der Waals surface area contributed by atoms with Gasteiger partial charge < -0.3 is 11.1 Å². The molecular weight excluding hydrogens is 232 g/mol. The molecule has 1 unspecified atom stereocenters. The van der Waals surface area contributed by atoms with Gasteiger partial charge in [0.1, 0.15) is 0 Å². The van der Waals surface area contributed by atoms with Crippen molar-refractivity contribution in [3.05, 3.63) is 29.8 Å². The van der Waals surface area contributed by atoms with Crippen LogP contribution in [-0.4, -0.2) is 13.1 Å². The maximum Gasteiger partial charge on any atom is 0.0314 e. The fourth-order valence-corrected chi connectivity index (χ4v) is 2.77. The second-order valence-electron chi connectivity index (χ2n) is 6.55. The van der Waals surface area contributed by atoms with E-state index in [1.165, 1.54) is 31.4 Å². The molecule has 0 saturated heterocycles. The Morgan fingerprint density at radius 1 is 1.16 bits per heavy atom. The normalized spacial score (nSPS) is 18.5. The molecule has 106 valence electrons. The minimum absolute atomic E-state index is 0.599. The van der Waals surface area contributed by atoms with Crippen LogP contribution in [0.5, 0.6) is 0 Å². The molecule has 0 radical (unpaired) electrons. The number of anilines is 1. The highest BCUT2D eigenvalue weighted by atomic mass is 14.9. The van der Waals surface area contributed by atoms with E-state index in [1.807, 2.05) is 12.1 Å². The van der Waals surface area contributed by atoms with Crippen molar-refractivity contribution in [2.45, 2.75) is 46.0 Å². The SMILES string of the molecule is CC(CCNCC1(C(C)C)CC1)c1ccc(N)cc1. The number of nitrogens with one attached hydrogen (secondary N) is 1. The van der Waals surface area contributed by atoms with E-state index >= 15 is 0 Å². The van der Waals surface area contributed by atoms with Crippen molar-refractivity contribution in [3.8, 4) is 0 Å². The van der Waals surface area contributed by atoms with Gasteiger partial charge in [-0.2, -0.15) is 0 Å². The third-order valence-electron chi connectivity index (χ3n) is 4.85. The van der Waals surface area contributed by atoms with Crippen molar-refractivity contribution >= 4 is 5.69 Å². The lowest BCUT2D eigenvalue weighted by molar-refractivity contribution is 0.336. The van der Waals surface area contributed by atoms with Crippen LogP contribution in [0.1, 0.15) is 51.5 Å². The number of hydrogen-bond acceptors (Lipinski definition) is 2. The second kappa shape index (κ2) is 5.96. The fraction of sp³-hybridized carbons (Fsp3) is 0.647. The molecule has 0 heterocycles. The Bertz CT molecular complexity index is 390. The van der Waals surface area contributed by atoms with Crippen LogP contribution in [0.15, 0.2) is 24.3 Å². The molecule has 1 aromatic carbocycles. The van der Waals surface area contributed by atoms with E-state index in [4.69, 9.17) is 5.73 Å². The Morgan fingerprint density at radius 2 is 1.79 bits per heavy atom. The minimum Gasteiger partial charge on any atom is -0.399 e. The maximum atomic E-state index is 5.72. The van der Waals surface area contributed by atoms with E-state index in [2.05, 4.69) is 38.2 Å². The summed E-state index contributed by atoms with van der Waals surface area (Å²) in [6.07, 6.45) is 4.01. The van der Waals surface area contributed by atoms with Crippen LogP contribution in [0.4, 0.5) is 5.69 Å². The molecule has 1 aliphatic carbocycles. The molecule has 19 heavy (non-hydrogen) atoms. The number of benzene rings is 1. The predicted molar refractivity (Wildman–Crippen MR) is 83.3 cm³/mol. The highest BCUT2D eigenvalue weighted by molar-refractivity contribution is 5.40. The summed E-state index contributed by atoms with van der Waals surface area (Å²) in [6, 6.07) is 8.29. The Labute approximate surface area is 117 Å². The summed E-state index contributed by atoms with van der Waals surface area (Å²) < 4.78 is 0. The van der Waals surface area contributed by atoms with Crippen LogP contribution in [0.25, 0.3) is 0 Å². The van der Waals surface area contributed by atoms with Crippen LogP contribution >= 0.6 is 0 Å². The Balaban J connectivity index is 1.70. The van der Waals surface area contributed by atoms with Gasteiger partial charge in [-0.3, -0.25) is 0 Å². The summed E-state index contributed by atoms with van der Waals surface area (Å²) in [5, 5.41) is 3.66. The molecule has 3 N–H and O–H groups in total. The second-order valence-corrected chi connectivity index (χ2v) is 6.55. The van der Waals surface area contributed by atoms with Crippen molar-refractivity contribution in [2.24, 2.45) is 11.3 Å². The highest BCUT2D eigenvalue weighted by Gasteiger charge is 2.44. The molecule has 0 amide bonds. The zero-order chi connectivity index (χ0) is 13.9. The molecule has 2 heteroatoms. The Kier molecular flexibility index (Phi) is 4.51. The van der Waals surface area contributed by atoms with E-state index in [9.17, 15) is 0 Å². The first-order valence-corrected chi connectivity index (χ1v) is 7.60. The van der Waals surface area contributed by atoms with Crippen molar-refractivity contribution in [1.82, 2.24) is 5.32 Å². The van der Waals surface area contributed by atoms with Gasteiger partial charge in [0, 0.05) is 12.2 Å². The van der Waals surface area contributed by atoms with Crippen molar-refractivity contribution in [2.75, 3.05) is 18.8 Å². The molecule has 2 nitrogen and oxygen atoms in total. The van der Waals surface area contributed by atoms with Crippen molar-refractivity contribution in [3.63, 3.8) is 0 Å². The topological polar surface area (TPSA) is 38.0 Å². The van der Waals surface area contributed by atoms with Crippen LogP contribution in [0.2, 0.25) is 0 Å². The molecule has 1 atom stereocenters. The Hall–Kier alpha value is -1.02. The summed E-state index contributed by atoms with van der Waals surface area (Å²) in [7, 11) is 0. The molecule has 0 aromatic heterocycles. The third-order valence-corrected chi connectivity index (χ3v) is 4.85. The molecule has 0 aliphatic heterocycles. The zero-order valence-electron chi connectivity index (χ0n) is 12.6. The van der Waals surface area contributed by atoms with E-state index in [1.54, 1.807) is 0 Å². The zero-order valence-corrected chi connectivity index (χ0v) is 12.6. The molecule has 2 rings (SSSR count). The van der Waals surface area contributed by atoms with Gasteiger partial charge in [-0.05, 0) is 60.8 Å². The van der Waals surface area contributed by atoms with Crippen LogP contribution in [-0.2, 0) is 0 Å². The van der Waals surface area contributed by atoms with E-state index in [-0.39, 0.29) is 0 Å². The first kappa shape index (κ1) is 14.4. The number of nitrogens with two attached hydrogens (primary N) is 1. The van der Waals surface area contributed by atoms with Gasteiger partial charge >= 0.3 is 0 Å². The summed E-state index contributed by atoms with van der Waals surface area (Å²) >= 11 is 0. The van der Waals surface area contributed by atoms with Crippen LogP contribution in [0, 0.1) is 11.3 Å². The molecule has 0 spiro atoms. The van der Waals surface area contributed by atoms with Crippen molar-refractivity contribution < 1.29 is 0 Å². The average molecular weight is 260 g/mol. The number of hydrogen-bond donors (Lipinski definition) is 2. The third kappa shape index (κ3) is 3.73. The lowest BCUT2D eigenvalue weighted by Crippen LogP contribution is -2.28. The predicted octanol–water partition coefficient (Wildman–Crippen LogP) is 3.79. The highest BCUT2D eigenvalue weighted by Crippen LogP contribution is 2.51. The molecule has 0 bridgehead atoms. The first-order valence-electron chi connectivity index (χ1n) is 7.60. The van der Waals surface area contributed by atoms with Gasteiger partial charge in [-0.1, -0.05) is 32.9 Å². The average Bonchev–Trinajstić information content (AvgIpc) is 3.16. The van der Waals surface area contributed by atoms with E-state index in [0.29, 0.717) is 11.3 Å². The van der Waals surface area contributed by atoms with Gasteiger partial charge in [0.2, 0.25) is 0 Å². The molecule has 1 aliphatic rings. The molecule has 1 saturated carbocycles. The van der Waals surface area contributed by atoms with Gasteiger partial charge in [-0.15, -0.1) is 0 Å². The summed E-state index contributed by atoms with van der Waals surface area (Å²) in [5.74, 6) is 1.41. The quantitative estimate of drug-likeness (QED) is 0.578. The maximum absolute atomic E-state index is 5.72. The smallest absolute Gasteiger partial charge is 0.0314 e. The van der Waals surface area contributed by atoms with Crippen LogP contribution in [0.3, 0.4) is 0 Å².